The van der Waals surface area contributed by atoms with Gasteiger partial charge < -0.3 is 9.64 Å². The second-order valence-electron chi connectivity index (χ2n) is 7.12. The van der Waals surface area contributed by atoms with Crippen LogP contribution in [0.2, 0.25) is 0 Å². The zero-order chi connectivity index (χ0) is 18.0. The number of piperidine rings is 1. The Labute approximate surface area is 148 Å². The number of nitrogens with zero attached hydrogens (tertiary/aromatic N) is 1. The summed E-state index contributed by atoms with van der Waals surface area (Å²) in [4.78, 5) is 13.8. The summed E-state index contributed by atoms with van der Waals surface area (Å²) >= 11 is 0. The summed E-state index contributed by atoms with van der Waals surface area (Å²) < 4.78 is 28.2. The third-order valence-corrected chi connectivity index (χ3v) is 4.95. The van der Waals surface area contributed by atoms with Crippen LogP contribution in [0.15, 0.2) is 24.3 Å². The fourth-order valence-electron chi connectivity index (χ4n) is 2.95. The van der Waals surface area contributed by atoms with Crippen molar-refractivity contribution >= 4 is 25.8 Å². The Morgan fingerprint density at radius 3 is 2.38 bits per heavy atom. The Morgan fingerprint density at radius 1 is 1.25 bits per heavy atom. The maximum absolute atomic E-state index is 12.1. The highest BCUT2D eigenvalue weighted by Crippen LogP contribution is 2.32. The van der Waals surface area contributed by atoms with Gasteiger partial charge in [0.1, 0.15) is 5.60 Å². The van der Waals surface area contributed by atoms with Crippen LogP contribution >= 0.6 is 10.7 Å². The molecule has 1 heterocycles. The van der Waals surface area contributed by atoms with E-state index in [1.54, 1.807) is 11.0 Å². The Morgan fingerprint density at radius 2 is 1.83 bits per heavy atom. The summed E-state index contributed by atoms with van der Waals surface area (Å²) in [5, 5.41) is 0. The van der Waals surface area contributed by atoms with Crippen molar-refractivity contribution in [1.82, 2.24) is 4.90 Å². The van der Waals surface area contributed by atoms with Gasteiger partial charge in [0.05, 0.1) is 5.75 Å². The minimum absolute atomic E-state index is 0.170. The molecule has 0 spiro atoms. The summed E-state index contributed by atoms with van der Waals surface area (Å²) in [5.74, 6) is 0.0510. The highest BCUT2D eigenvalue weighted by atomic mass is 35.7. The van der Waals surface area contributed by atoms with Crippen LogP contribution in [0.5, 0.6) is 0 Å². The minimum atomic E-state index is -3.60. The van der Waals surface area contributed by atoms with Crippen LogP contribution in [0.1, 0.15) is 50.7 Å². The van der Waals surface area contributed by atoms with E-state index in [9.17, 15) is 13.2 Å². The number of ether oxygens (including phenoxy) is 1. The van der Waals surface area contributed by atoms with Gasteiger partial charge in [-0.05, 0) is 50.7 Å². The van der Waals surface area contributed by atoms with Gasteiger partial charge >= 0.3 is 6.09 Å². The van der Waals surface area contributed by atoms with Crippen LogP contribution in [0.25, 0.3) is 0 Å². The number of hydrogen-bond donors (Lipinski definition) is 0. The lowest BCUT2D eigenvalue weighted by atomic mass is 9.87. The molecule has 0 aliphatic carbocycles. The lowest BCUT2D eigenvalue weighted by Crippen LogP contribution is -2.41. The predicted octanol–water partition coefficient (Wildman–Crippen LogP) is 3.87. The van der Waals surface area contributed by atoms with E-state index < -0.39 is 14.7 Å². The standard InChI is InChI=1S/C17H24ClNO4S/c1-17(2,3)23-16(20)19-10-8-13(9-11-19)15-7-5-4-6-14(15)12-24(18,21)22/h4-7,13H,8-12H2,1-3H3. The van der Waals surface area contributed by atoms with Gasteiger partial charge in [-0.2, -0.15) is 0 Å². The number of likely N-dealkylation sites (tertiary alicyclic amines) is 1. The first-order chi connectivity index (χ1) is 11.1. The second-order valence-corrected chi connectivity index (χ2v) is 9.90. The molecule has 1 aliphatic heterocycles. The number of carbonyl (C=O) groups is 1. The van der Waals surface area contributed by atoms with Gasteiger partial charge in [-0.25, -0.2) is 13.2 Å². The van der Waals surface area contributed by atoms with E-state index in [-0.39, 0.29) is 17.8 Å². The topological polar surface area (TPSA) is 63.7 Å². The van der Waals surface area contributed by atoms with Gasteiger partial charge in [0.2, 0.25) is 9.05 Å². The number of rotatable bonds is 3. The average Bonchev–Trinajstić information content (AvgIpc) is 2.44. The molecule has 0 N–H and O–H groups in total. The van der Waals surface area contributed by atoms with E-state index in [1.165, 1.54) is 0 Å². The van der Waals surface area contributed by atoms with Crippen LogP contribution in [0.3, 0.4) is 0 Å². The molecule has 134 valence electrons. The molecule has 1 aliphatic rings. The van der Waals surface area contributed by atoms with Crippen molar-refractivity contribution in [3.8, 4) is 0 Å². The minimum Gasteiger partial charge on any atom is -0.444 e. The zero-order valence-electron chi connectivity index (χ0n) is 14.3. The first kappa shape index (κ1) is 19.1. The molecule has 1 aromatic carbocycles. The fraction of sp³-hybridized carbons (Fsp3) is 0.588. The molecule has 2 rings (SSSR count). The van der Waals surface area contributed by atoms with E-state index in [2.05, 4.69) is 0 Å². The molecule has 5 nitrogen and oxygen atoms in total. The van der Waals surface area contributed by atoms with Crippen molar-refractivity contribution in [2.24, 2.45) is 0 Å². The Balaban J connectivity index is 2.04. The van der Waals surface area contributed by atoms with Crippen LogP contribution in [-0.4, -0.2) is 38.1 Å². The maximum atomic E-state index is 12.1. The van der Waals surface area contributed by atoms with Crippen molar-refractivity contribution in [2.75, 3.05) is 13.1 Å². The van der Waals surface area contributed by atoms with Gasteiger partial charge in [0.25, 0.3) is 0 Å². The van der Waals surface area contributed by atoms with Gasteiger partial charge in [-0.1, -0.05) is 24.3 Å². The van der Waals surface area contributed by atoms with E-state index in [0.717, 1.165) is 24.0 Å². The molecule has 0 bridgehead atoms. The van der Waals surface area contributed by atoms with Gasteiger partial charge in [-0.15, -0.1) is 0 Å². The summed E-state index contributed by atoms with van der Waals surface area (Å²) in [7, 11) is 1.81. The molecule has 0 radical (unpaired) electrons. The summed E-state index contributed by atoms with van der Waals surface area (Å²) in [6.07, 6.45) is 1.26. The monoisotopic (exact) mass is 373 g/mol. The van der Waals surface area contributed by atoms with E-state index in [0.29, 0.717) is 13.1 Å². The maximum Gasteiger partial charge on any atom is 0.410 e. The SMILES string of the molecule is CC(C)(C)OC(=O)N1CCC(c2ccccc2CS(=O)(=O)Cl)CC1. The van der Waals surface area contributed by atoms with Gasteiger partial charge in [0.15, 0.2) is 0 Å². The Kier molecular flexibility index (Phi) is 5.81. The van der Waals surface area contributed by atoms with Gasteiger partial charge in [-0.3, -0.25) is 0 Å². The van der Waals surface area contributed by atoms with E-state index >= 15 is 0 Å². The third kappa shape index (κ3) is 5.67. The number of benzene rings is 1. The highest BCUT2D eigenvalue weighted by molar-refractivity contribution is 8.13. The van der Waals surface area contributed by atoms with Crippen molar-refractivity contribution in [2.45, 2.75) is 50.9 Å². The van der Waals surface area contributed by atoms with Crippen LogP contribution in [0, 0.1) is 0 Å². The molecular weight excluding hydrogens is 350 g/mol. The lowest BCUT2D eigenvalue weighted by Gasteiger charge is -2.34. The van der Waals surface area contributed by atoms with Crippen molar-refractivity contribution in [1.29, 1.82) is 0 Å². The summed E-state index contributed by atoms with van der Waals surface area (Å²) in [6.45, 7) is 6.74. The molecule has 1 fully saturated rings. The first-order valence-corrected chi connectivity index (χ1v) is 10.5. The largest absolute Gasteiger partial charge is 0.444 e. The quantitative estimate of drug-likeness (QED) is 0.754. The Bertz CT molecular complexity index is 689. The summed E-state index contributed by atoms with van der Waals surface area (Å²) in [5.41, 5.74) is 1.24. The molecule has 1 saturated heterocycles. The van der Waals surface area contributed by atoms with Gasteiger partial charge in [0, 0.05) is 23.8 Å². The average molecular weight is 374 g/mol. The number of carbonyl (C=O) groups excluding carboxylic acids is 1. The first-order valence-electron chi connectivity index (χ1n) is 8.03. The summed E-state index contributed by atoms with van der Waals surface area (Å²) in [6, 6.07) is 7.47. The fourth-order valence-corrected chi connectivity index (χ4v) is 3.94. The second kappa shape index (κ2) is 7.31. The highest BCUT2D eigenvalue weighted by Gasteiger charge is 2.28. The third-order valence-electron chi connectivity index (χ3n) is 3.97. The van der Waals surface area contributed by atoms with Crippen molar-refractivity contribution < 1.29 is 17.9 Å². The molecule has 7 heteroatoms. The Hall–Kier alpha value is -1.27. The number of hydrogen-bond acceptors (Lipinski definition) is 4. The molecule has 0 aromatic heterocycles. The molecule has 0 unspecified atom stereocenters. The predicted molar refractivity (Wildman–Crippen MR) is 94.7 cm³/mol. The normalized spacial score (nSPS) is 16.9. The molecule has 1 amide bonds. The number of amides is 1. The van der Waals surface area contributed by atoms with E-state index in [4.69, 9.17) is 15.4 Å². The molecule has 1 aromatic rings. The molecule has 24 heavy (non-hydrogen) atoms. The smallest absolute Gasteiger partial charge is 0.410 e. The zero-order valence-corrected chi connectivity index (χ0v) is 15.9. The van der Waals surface area contributed by atoms with Crippen molar-refractivity contribution in [3.05, 3.63) is 35.4 Å². The van der Waals surface area contributed by atoms with Crippen molar-refractivity contribution in [3.63, 3.8) is 0 Å². The van der Waals surface area contributed by atoms with Crippen LogP contribution in [-0.2, 0) is 19.5 Å². The molecule has 0 saturated carbocycles. The van der Waals surface area contributed by atoms with Crippen LogP contribution < -0.4 is 0 Å². The number of halogens is 1. The van der Waals surface area contributed by atoms with Crippen LogP contribution in [0.4, 0.5) is 4.79 Å². The molecular formula is C17H24ClNO4S. The molecule has 0 atom stereocenters. The van der Waals surface area contributed by atoms with E-state index in [1.807, 2.05) is 39.0 Å². The lowest BCUT2D eigenvalue weighted by molar-refractivity contribution is 0.0205.